The molecule has 0 bridgehead atoms. The molecule has 1 aromatic carbocycles. The molecule has 2 aromatic rings. The number of primary amides is 1. The number of hydrogen-bond donors (Lipinski definition) is 3. The van der Waals surface area contributed by atoms with Crippen LogP contribution in [0.1, 0.15) is 35.7 Å². The average molecular weight is 443 g/mol. The third kappa shape index (κ3) is 4.65. The van der Waals surface area contributed by atoms with Crippen molar-refractivity contribution in [2.45, 2.75) is 31.3 Å². The Labute approximate surface area is 184 Å². The number of nitrogens with one attached hydrogen (secondary N) is 2. The molecule has 2 aliphatic rings. The summed E-state index contributed by atoms with van der Waals surface area (Å²) in [5.74, 6) is -0.968. The summed E-state index contributed by atoms with van der Waals surface area (Å²) in [5.41, 5.74) is 6.48. The Bertz CT molecular complexity index is 1010. The van der Waals surface area contributed by atoms with E-state index >= 15 is 0 Å². The zero-order valence-corrected chi connectivity index (χ0v) is 17.5. The zero-order chi connectivity index (χ0) is 22.0. The third-order valence-corrected chi connectivity index (χ3v) is 6.03. The fraction of sp³-hybridized carbons (Fsp3) is 0.429. The fourth-order valence-corrected chi connectivity index (χ4v) is 4.12. The molecule has 4 N–H and O–H groups in total. The molecule has 1 aliphatic carbocycles. The lowest BCUT2D eigenvalue weighted by molar-refractivity contribution is -0.130. The van der Waals surface area contributed by atoms with Gasteiger partial charge in [-0.3, -0.25) is 14.3 Å². The van der Waals surface area contributed by atoms with Gasteiger partial charge in [-0.15, -0.1) is 0 Å². The van der Waals surface area contributed by atoms with Crippen LogP contribution in [0, 0.1) is 23.2 Å². The summed E-state index contributed by atoms with van der Waals surface area (Å²) < 4.78 is 6.72. The van der Waals surface area contributed by atoms with Gasteiger partial charge in [-0.25, -0.2) is 0 Å². The molecule has 31 heavy (non-hydrogen) atoms. The molecule has 1 aliphatic heterocycles. The summed E-state index contributed by atoms with van der Waals surface area (Å²) in [6.45, 7) is 1.07. The quantitative estimate of drug-likeness (QED) is 0.628. The summed E-state index contributed by atoms with van der Waals surface area (Å²) in [7, 11) is 0. The summed E-state index contributed by atoms with van der Waals surface area (Å²) in [6.07, 6.45) is 3.24. The molecule has 9 nitrogen and oxygen atoms in total. The van der Waals surface area contributed by atoms with E-state index in [1.54, 1.807) is 35.1 Å². The van der Waals surface area contributed by atoms with Gasteiger partial charge in [0.2, 0.25) is 5.91 Å². The standard InChI is InChI=1S/C21H23ClN6O3/c22-14-2-4-15(5-3-14)25-20-17(19(24)29)9-28(27-20)18-6-1-12(7-13(18)8-23)21(30)26-16-10-31-11-16/h2-5,9,12-13,16,18H,1,6-7,10-11H2,(H2,24,29)(H,25,27)(H,26,30)/t12-,13+,18-/m0/s1. The summed E-state index contributed by atoms with van der Waals surface area (Å²) in [4.78, 5) is 24.5. The van der Waals surface area contributed by atoms with Gasteiger partial charge in [-0.05, 0) is 43.5 Å². The predicted molar refractivity (Wildman–Crippen MR) is 114 cm³/mol. The molecule has 1 aromatic heterocycles. The Morgan fingerprint density at radius 2 is 2.00 bits per heavy atom. The highest BCUT2D eigenvalue weighted by molar-refractivity contribution is 6.30. The van der Waals surface area contributed by atoms with Gasteiger partial charge in [-0.1, -0.05) is 11.6 Å². The minimum Gasteiger partial charge on any atom is -0.377 e. The minimum absolute atomic E-state index is 0.0321. The average Bonchev–Trinajstić information content (AvgIpc) is 3.15. The maximum absolute atomic E-state index is 12.5. The SMILES string of the molecule is N#C[C@H]1C[C@@H](C(=O)NC2COC2)CC[C@@H]1n1cc(C(N)=O)c(Nc2ccc(Cl)cc2)n1. The number of hydrogen-bond acceptors (Lipinski definition) is 6. The third-order valence-electron chi connectivity index (χ3n) is 5.78. The van der Waals surface area contributed by atoms with Crippen molar-refractivity contribution in [1.29, 1.82) is 5.26 Å². The monoisotopic (exact) mass is 442 g/mol. The molecule has 2 fully saturated rings. The van der Waals surface area contributed by atoms with E-state index in [-0.39, 0.29) is 29.5 Å². The van der Waals surface area contributed by atoms with Gasteiger partial charge >= 0.3 is 0 Å². The molecular weight excluding hydrogens is 420 g/mol. The van der Waals surface area contributed by atoms with E-state index in [0.717, 1.165) is 0 Å². The number of rotatable bonds is 6. The Morgan fingerprint density at radius 1 is 1.26 bits per heavy atom. The molecule has 0 radical (unpaired) electrons. The Balaban J connectivity index is 1.50. The normalized spacial score (nSPS) is 23.4. The maximum atomic E-state index is 12.5. The summed E-state index contributed by atoms with van der Waals surface area (Å²) in [6, 6.07) is 9.10. The first kappa shape index (κ1) is 21.2. The fourth-order valence-electron chi connectivity index (χ4n) is 3.99. The molecule has 2 amide bonds. The lowest BCUT2D eigenvalue weighted by atomic mass is 9.78. The molecular formula is C21H23ClN6O3. The van der Waals surface area contributed by atoms with Crippen LogP contribution in [0.2, 0.25) is 5.02 Å². The molecule has 2 heterocycles. The van der Waals surface area contributed by atoms with Crippen LogP contribution in [0.25, 0.3) is 0 Å². The molecule has 0 spiro atoms. The number of nitrogens with two attached hydrogens (primary N) is 1. The van der Waals surface area contributed by atoms with Crippen molar-refractivity contribution in [3.05, 3.63) is 41.0 Å². The zero-order valence-electron chi connectivity index (χ0n) is 16.8. The maximum Gasteiger partial charge on any atom is 0.254 e. The highest BCUT2D eigenvalue weighted by Gasteiger charge is 2.37. The van der Waals surface area contributed by atoms with E-state index in [9.17, 15) is 14.9 Å². The van der Waals surface area contributed by atoms with Crippen LogP contribution in [0.3, 0.4) is 0 Å². The number of amides is 2. The van der Waals surface area contributed by atoms with E-state index in [4.69, 9.17) is 22.1 Å². The van der Waals surface area contributed by atoms with Crippen LogP contribution in [-0.2, 0) is 9.53 Å². The van der Waals surface area contributed by atoms with Crippen LogP contribution in [-0.4, -0.2) is 40.9 Å². The number of carbonyl (C=O) groups excluding carboxylic acids is 2. The van der Waals surface area contributed by atoms with Crippen LogP contribution in [0.5, 0.6) is 0 Å². The van der Waals surface area contributed by atoms with Crippen molar-refractivity contribution in [3.8, 4) is 6.07 Å². The van der Waals surface area contributed by atoms with Gasteiger partial charge in [-0.2, -0.15) is 10.4 Å². The number of nitrogens with zero attached hydrogens (tertiary/aromatic N) is 3. The molecule has 10 heteroatoms. The van der Waals surface area contributed by atoms with Gasteiger partial charge in [0.1, 0.15) is 5.56 Å². The van der Waals surface area contributed by atoms with Gasteiger partial charge in [0.05, 0.1) is 37.3 Å². The van der Waals surface area contributed by atoms with Crippen molar-refractivity contribution in [2.24, 2.45) is 17.6 Å². The molecule has 1 saturated heterocycles. The van der Waals surface area contributed by atoms with Gasteiger partial charge in [0.25, 0.3) is 5.91 Å². The first-order valence-corrected chi connectivity index (χ1v) is 10.5. The number of halogens is 1. The van der Waals surface area contributed by atoms with E-state index in [2.05, 4.69) is 21.8 Å². The van der Waals surface area contributed by atoms with Gasteiger partial charge in [0.15, 0.2) is 5.82 Å². The first-order chi connectivity index (χ1) is 14.9. The number of aromatic nitrogens is 2. The molecule has 0 unspecified atom stereocenters. The summed E-state index contributed by atoms with van der Waals surface area (Å²) in [5, 5.41) is 20.9. The number of benzene rings is 1. The van der Waals surface area contributed by atoms with Crippen LogP contribution < -0.4 is 16.4 Å². The van der Waals surface area contributed by atoms with E-state index < -0.39 is 11.8 Å². The second-order valence-electron chi connectivity index (χ2n) is 7.92. The van der Waals surface area contributed by atoms with Crippen LogP contribution >= 0.6 is 11.6 Å². The van der Waals surface area contributed by atoms with Crippen LogP contribution in [0.15, 0.2) is 30.5 Å². The number of nitriles is 1. The number of ether oxygens (including phenoxy) is 1. The summed E-state index contributed by atoms with van der Waals surface area (Å²) >= 11 is 5.92. The van der Waals surface area contributed by atoms with E-state index in [0.29, 0.717) is 49.0 Å². The number of carbonyl (C=O) groups is 2. The molecule has 162 valence electrons. The highest BCUT2D eigenvalue weighted by atomic mass is 35.5. The second kappa shape index (κ2) is 8.96. The Hall–Kier alpha value is -3.09. The molecule has 1 saturated carbocycles. The van der Waals surface area contributed by atoms with Crippen molar-refractivity contribution in [3.63, 3.8) is 0 Å². The highest BCUT2D eigenvalue weighted by Crippen LogP contribution is 2.38. The second-order valence-corrected chi connectivity index (χ2v) is 8.36. The van der Waals surface area contributed by atoms with Crippen LogP contribution in [0.4, 0.5) is 11.5 Å². The smallest absolute Gasteiger partial charge is 0.254 e. The lowest BCUT2D eigenvalue weighted by Gasteiger charge is -2.34. The van der Waals surface area contributed by atoms with Crippen molar-refractivity contribution < 1.29 is 14.3 Å². The molecule has 3 atom stereocenters. The predicted octanol–water partition coefficient (Wildman–Crippen LogP) is 2.37. The lowest BCUT2D eigenvalue weighted by Crippen LogP contribution is -2.51. The van der Waals surface area contributed by atoms with E-state index in [1.807, 2.05) is 0 Å². The van der Waals surface area contributed by atoms with Crippen molar-refractivity contribution >= 4 is 34.9 Å². The van der Waals surface area contributed by atoms with Gasteiger partial charge in [0, 0.05) is 22.8 Å². The Morgan fingerprint density at radius 3 is 2.61 bits per heavy atom. The topological polar surface area (TPSA) is 135 Å². The first-order valence-electron chi connectivity index (χ1n) is 10.1. The minimum atomic E-state index is -0.619. The number of anilines is 2. The molecule has 4 rings (SSSR count). The van der Waals surface area contributed by atoms with E-state index in [1.165, 1.54) is 0 Å². The Kier molecular flexibility index (Phi) is 6.11. The van der Waals surface area contributed by atoms with Gasteiger partial charge < -0.3 is 21.1 Å². The van der Waals surface area contributed by atoms with Crippen molar-refractivity contribution in [2.75, 3.05) is 18.5 Å². The van der Waals surface area contributed by atoms with Crippen molar-refractivity contribution in [1.82, 2.24) is 15.1 Å². The largest absolute Gasteiger partial charge is 0.377 e.